The fourth-order valence-corrected chi connectivity index (χ4v) is 2.16. The molecule has 1 fully saturated rings. The monoisotopic (exact) mass is 260 g/mol. The van der Waals surface area contributed by atoms with Crippen LogP contribution in [0.3, 0.4) is 0 Å². The zero-order valence-corrected chi connectivity index (χ0v) is 11.2. The third kappa shape index (κ3) is 3.58. The van der Waals surface area contributed by atoms with Gasteiger partial charge in [-0.25, -0.2) is 0 Å². The van der Waals surface area contributed by atoms with Crippen LogP contribution in [0.15, 0.2) is 30.3 Å². The number of hydrogen-bond donors (Lipinski definition) is 1. The average molecular weight is 260 g/mol. The van der Waals surface area contributed by atoms with Crippen LogP contribution in [0, 0.1) is 0 Å². The standard InChI is InChI=1S/C15H20N2O2/c1-2-19-14-6-4-3-5-12(14)7-8-15(18)17-10-9-13(16)11-17/h3-8,13H,2,9-11,16H2,1H3/t13-/m0/s1. The van der Waals surface area contributed by atoms with E-state index in [-0.39, 0.29) is 11.9 Å². The van der Waals surface area contributed by atoms with E-state index in [0.717, 1.165) is 24.3 Å². The number of amides is 1. The maximum atomic E-state index is 12.0. The Bertz CT molecular complexity index is 471. The van der Waals surface area contributed by atoms with Crippen molar-refractivity contribution in [1.29, 1.82) is 0 Å². The molecule has 102 valence electrons. The number of likely N-dealkylation sites (tertiary alicyclic amines) is 1. The summed E-state index contributed by atoms with van der Waals surface area (Å²) < 4.78 is 5.52. The topological polar surface area (TPSA) is 55.6 Å². The SMILES string of the molecule is CCOc1ccccc1C=CC(=O)N1CC[C@H](N)C1. The molecule has 4 nitrogen and oxygen atoms in total. The fraction of sp³-hybridized carbons (Fsp3) is 0.400. The Hall–Kier alpha value is -1.81. The molecule has 0 spiro atoms. The highest BCUT2D eigenvalue weighted by atomic mass is 16.5. The van der Waals surface area contributed by atoms with Crippen LogP contribution in [0.5, 0.6) is 5.75 Å². The van der Waals surface area contributed by atoms with Crippen molar-refractivity contribution in [3.05, 3.63) is 35.9 Å². The first kappa shape index (κ1) is 13.6. The van der Waals surface area contributed by atoms with Gasteiger partial charge in [0, 0.05) is 30.8 Å². The Morgan fingerprint density at radius 2 is 2.32 bits per heavy atom. The Morgan fingerprint density at radius 1 is 1.53 bits per heavy atom. The van der Waals surface area contributed by atoms with E-state index < -0.39 is 0 Å². The summed E-state index contributed by atoms with van der Waals surface area (Å²) in [7, 11) is 0. The highest BCUT2D eigenvalue weighted by Crippen LogP contribution is 2.19. The predicted octanol–water partition coefficient (Wildman–Crippen LogP) is 1.66. The lowest BCUT2D eigenvalue weighted by atomic mass is 10.2. The van der Waals surface area contributed by atoms with E-state index in [9.17, 15) is 4.79 Å². The highest BCUT2D eigenvalue weighted by molar-refractivity contribution is 5.92. The molecule has 2 rings (SSSR count). The molecule has 0 saturated carbocycles. The number of para-hydroxylation sites is 1. The van der Waals surface area contributed by atoms with Gasteiger partial charge in [-0.05, 0) is 25.5 Å². The second kappa shape index (κ2) is 6.38. The third-order valence-electron chi connectivity index (χ3n) is 3.16. The van der Waals surface area contributed by atoms with Crippen molar-refractivity contribution in [2.75, 3.05) is 19.7 Å². The van der Waals surface area contributed by atoms with Gasteiger partial charge in [-0.2, -0.15) is 0 Å². The quantitative estimate of drug-likeness (QED) is 0.838. The second-order valence-electron chi connectivity index (χ2n) is 4.64. The van der Waals surface area contributed by atoms with Gasteiger partial charge in [0.25, 0.3) is 0 Å². The molecule has 0 aliphatic carbocycles. The Labute approximate surface area is 113 Å². The molecule has 1 aliphatic heterocycles. The lowest BCUT2D eigenvalue weighted by Gasteiger charge is -2.13. The first-order chi connectivity index (χ1) is 9.20. The summed E-state index contributed by atoms with van der Waals surface area (Å²) in [5.74, 6) is 0.812. The van der Waals surface area contributed by atoms with Gasteiger partial charge in [0.1, 0.15) is 5.75 Å². The summed E-state index contributed by atoms with van der Waals surface area (Å²) in [6, 6.07) is 7.81. The summed E-state index contributed by atoms with van der Waals surface area (Å²) in [6.07, 6.45) is 4.28. The molecule has 1 amide bonds. The molecule has 0 bridgehead atoms. The molecule has 0 aromatic heterocycles. The van der Waals surface area contributed by atoms with Crippen LogP contribution in [0.4, 0.5) is 0 Å². The molecule has 1 aromatic rings. The fourth-order valence-electron chi connectivity index (χ4n) is 2.16. The van der Waals surface area contributed by atoms with Crippen molar-refractivity contribution >= 4 is 12.0 Å². The van der Waals surface area contributed by atoms with E-state index in [1.807, 2.05) is 31.2 Å². The Kier molecular flexibility index (Phi) is 4.58. The van der Waals surface area contributed by atoms with Crippen LogP contribution >= 0.6 is 0 Å². The van der Waals surface area contributed by atoms with Crippen LogP contribution in [-0.2, 0) is 4.79 Å². The molecule has 1 aromatic carbocycles. The number of hydrogen-bond acceptors (Lipinski definition) is 3. The van der Waals surface area contributed by atoms with E-state index in [4.69, 9.17) is 10.5 Å². The number of ether oxygens (including phenoxy) is 1. The second-order valence-corrected chi connectivity index (χ2v) is 4.64. The molecule has 1 atom stereocenters. The van der Waals surface area contributed by atoms with E-state index in [1.54, 1.807) is 17.1 Å². The van der Waals surface area contributed by atoms with E-state index in [2.05, 4.69) is 0 Å². The number of carbonyl (C=O) groups excluding carboxylic acids is 1. The van der Waals surface area contributed by atoms with E-state index in [0.29, 0.717) is 13.2 Å². The molecular formula is C15H20N2O2. The van der Waals surface area contributed by atoms with E-state index >= 15 is 0 Å². The summed E-state index contributed by atoms with van der Waals surface area (Å²) >= 11 is 0. The molecule has 2 N–H and O–H groups in total. The minimum Gasteiger partial charge on any atom is -0.493 e. The average Bonchev–Trinajstić information content (AvgIpc) is 2.84. The smallest absolute Gasteiger partial charge is 0.246 e. The lowest BCUT2D eigenvalue weighted by molar-refractivity contribution is -0.124. The molecular weight excluding hydrogens is 240 g/mol. The van der Waals surface area contributed by atoms with Crippen LogP contribution in [-0.4, -0.2) is 36.5 Å². The molecule has 1 heterocycles. The van der Waals surface area contributed by atoms with Crippen molar-refractivity contribution in [3.63, 3.8) is 0 Å². The first-order valence-corrected chi connectivity index (χ1v) is 6.65. The summed E-state index contributed by atoms with van der Waals surface area (Å²) in [5, 5.41) is 0. The molecule has 1 aliphatic rings. The normalized spacial score (nSPS) is 19.1. The molecule has 0 radical (unpaired) electrons. The van der Waals surface area contributed by atoms with Crippen LogP contribution in [0.2, 0.25) is 0 Å². The van der Waals surface area contributed by atoms with Crippen molar-refractivity contribution < 1.29 is 9.53 Å². The van der Waals surface area contributed by atoms with Gasteiger partial charge in [0.05, 0.1) is 6.61 Å². The number of nitrogens with zero attached hydrogens (tertiary/aromatic N) is 1. The maximum absolute atomic E-state index is 12.0. The van der Waals surface area contributed by atoms with Gasteiger partial charge in [-0.3, -0.25) is 4.79 Å². The van der Waals surface area contributed by atoms with E-state index in [1.165, 1.54) is 0 Å². The third-order valence-corrected chi connectivity index (χ3v) is 3.16. The maximum Gasteiger partial charge on any atom is 0.246 e. The van der Waals surface area contributed by atoms with Crippen molar-refractivity contribution in [1.82, 2.24) is 4.90 Å². The van der Waals surface area contributed by atoms with Gasteiger partial charge < -0.3 is 15.4 Å². The van der Waals surface area contributed by atoms with Gasteiger partial charge in [-0.1, -0.05) is 18.2 Å². The summed E-state index contributed by atoms with van der Waals surface area (Å²) in [6.45, 7) is 3.95. The zero-order valence-electron chi connectivity index (χ0n) is 11.2. The first-order valence-electron chi connectivity index (χ1n) is 6.65. The van der Waals surface area contributed by atoms with Crippen molar-refractivity contribution in [3.8, 4) is 5.75 Å². The minimum atomic E-state index is 0.0132. The largest absolute Gasteiger partial charge is 0.493 e. The van der Waals surface area contributed by atoms with Crippen LogP contribution in [0.25, 0.3) is 6.08 Å². The van der Waals surface area contributed by atoms with Gasteiger partial charge in [0.15, 0.2) is 0 Å². The number of rotatable bonds is 4. The molecule has 4 heteroatoms. The summed E-state index contributed by atoms with van der Waals surface area (Å²) in [4.78, 5) is 13.8. The van der Waals surface area contributed by atoms with Crippen molar-refractivity contribution in [2.45, 2.75) is 19.4 Å². The number of benzene rings is 1. The molecule has 1 saturated heterocycles. The van der Waals surface area contributed by atoms with Gasteiger partial charge >= 0.3 is 0 Å². The van der Waals surface area contributed by atoms with Crippen LogP contribution < -0.4 is 10.5 Å². The minimum absolute atomic E-state index is 0.0132. The predicted molar refractivity (Wildman–Crippen MR) is 75.8 cm³/mol. The highest BCUT2D eigenvalue weighted by Gasteiger charge is 2.21. The van der Waals surface area contributed by atoms with Crippen LogP contribution in [0.1, 0.15) is 18.9 Å². The Balaban J connectivity index is 2.04. The van der Waals surface area contributed by atoms with Gasteiger partial charge in [-0.15, -0.1) is 0 Å². The van der Waals surface area contributed by atoms with Crippen molar-refractivity contribution in [2.24, 2.45) is 5.73 Å². The number of nitrogens with two attached hydrogens (primary N) is 1. The van der Waals surface area contributed by atoms with Gasteiger partial charge in [0.2, 0.25) is 5.91 Å². The lowest BCUT2D eigenvalue weighted by Crippen LogP contribution is -2.30. The zero-order chi connectivity index (χ0) is 13.7. The summed E-state index contributed by atoms with van der Waals surface area (Å²) in [5.41, 5.74) is 6.71. The Morgan fingerprint density at radius 3 is 3.00 bits per heavy atom. The number of carbonyl (C=O) groups is 1. The molecule has 0 unspecified atom stereocenters. The molecule has 19 heavy (non-hydrogen) atoms.